The number of rotatable bonds is 1. The predicted octanol–water partition coefficient (Wildman–Crippen LogP) is 1.16. The normalized spacial score (nSPS) is 12.9. The van der Waals surface area contributed by atoms with Gasteiger partial charge in [-0.2, -0.15) is 0 Å². The summed E-state index contributed by atoms with van der Waals surface area (Å²) in [6, 6.07) is 0. The average molecular weight is 100 g/mol. The average Bonchev–Trinajstić information content (AvgIpc) is 1.31. The van der Waals surface area contributed by atoms with Gasteiger partial charge in [-0.3, -0.25) is 0 Å². The SMILES string of the molecule is [CH2]C(C)(C)N(C)C. The Morgan fingerprint density at radius 1 is 1.29 bits per heavy atom. The van der Waals surface area contributed by atoms with Crippen molar-refractivity contribution >= 4 is 0 Å². The fourth-order valence-corrected chi connectivity index (χ4v) is 0. The highest BCUT2D eigenvalue weighted by atomic mass is 15.1. The van der Waals surface area contributed by atoms with Crippen LogP contribution < -0.4 is 0 Å². The largest absolute Gasteiger partial charge is 0.304 e. The van der Waals surface area contributed by atoms with E-state index in [9.17, 15) is 0 Å². The van der Waals surface area contributed by atoms with Crippen molar-refractivity contribution in [3.63, 3.8) is 0 Å². The summed E-state index contributed by atoms with van der Waals surface area (Å²) in [4.78, 5) is 2.08. The third-order valence-corrected chi connectivity index (χ3v) is 1.21. The van der Waals surface area contributed by atoms with Crippen LogP contribution in [0, 0.1) is 6.92 Å². The van der Waals surface area contributed by atoms with Gasteiger partial charge in [0.05, 0.1) is 0 Å². The van der Waals surface area contributed by atoms with Crippen molar-refractivity contribution in [3.8, 4) is 0 Å². The lowest BCUT2D eigenvalue weighted by atomic mass is 10.1. The Bertz CT molecular complexity index is 49.7. The molecular formula is C6H14N. The van der Waals surface area contributed by atoms with Gasteiger partial charge in [0.1, 0.15) is 0 Å². The molecule has 0 aromatic heterocycles. The van der Waals surface area contributed by atoms with E-state index in [1.165, 1.54) is 0 Å². The second-order valence-electron chi connectivity index (χ2n) is 2.71. The van der Waals surface area contributed by atoms with E-state index in [4.69, 9.17) is 0 Å². The van der Waals surface area contributed by atoms with Crippen molar-refractivity contribution in [2.24, 2.45) is 0 Å². The van der Waals surface area contributed by atoms with Crippen molar-refractivity contribution in [1.82, 2.24) is 4.90 Å². The molecule has 0 aliphatic heterocycles. The molecule has 0 saturated carbocycles. The Morgan fingerprint density at radius 3 is 1.43 bits per heavy atom. The molecule has 0 aliphatic carbocycles. The van der Waals surface area contributed by atoms with Crippen molar-refractivity contribution in [2.45, 2.75) is 19.4 Å². The highest BCUT2D eigenvalue weighted by molar-refractivity contribution is 4.78. The second kappa shape index (κ2) is 1.83. The smallest absolute Gasteiger partial charge is 0.0147 e. The third-order valence-electron chi connectivity index (χ3n) is 1.21. The number of hydrogen-bond acceptors (Lipinski definition) is 1. The molecule has 0 atom stereocenters. The van der Waals surface area contributed by atoms with E-state index in [0.717, 1.165) is 0 Å². The molecule has 1 heteroatoms. The van der Waals surface area contributed by atoms with Crippen molar-refractivity contribution in [1.29, 1.82) is 0 Å². The maximum Gasteiger partial charge on any atom is 0.0147 e. The van der Waals surface area contributed by atoms with E-state index in [1.807, 2.05) is 14.1 Å². The molecule has 0 bridgehead atoms. The van der Waals surface area contributed by atoms with E-state index in [2.05, 4.69) is 25.7 Å². The van der Waals surface area contributed by atoms with Gasteiger partial charge in [-0.05, 0) is 34.9 Å². The van der Waals surface area contributed by atoms with Crippen LogP contribution in [-0.2, 0) is 0 Å². The monoisotopic (exact) mass is 100 g/mol. The van der Waals surface area contributed by atoms with Crippen LogP contribution >= 0.6 is 0 Å². The van der Waals surface area contributed by atoms with Gasteiger partial charge in [0.2, 0.25) is 0 Å². The predicted molar refractivity (Wildman–Crippen MR) is 33.1 cm³/mol. The van der Waals surface area contributed by atoms with Crippen molar-refractivity contribution < 1.29 is 0 Å². The first kappa shape index (κ1) is 6.96. The van der Waals surface area contributed by atoms with Crippen molar-refractivity contribution in [2.75, 3.05) is 14.1 Å². The second-order valence-corrected chi connectivity index (χ2v) is 2.71. The molecule has 0 aliphatic rings. The van der Waals surface area contributed by atoms with Gasteiger partial charge < -0.3 is 4.90 Å². The molecule has 7 heavy (non-hydrogen) atoms. The van der Waals surface area contributed by atoms with Gasteiger partial charge in [0.15, 0.2) is 0 Å². The zero-order chi connectivity index (χ0) is 6.08. The van der Waals surface area contributed by atoms with E-state index in [0.29, 0.717) is 0 Å². The molecule has 1 nitrogen and oxygen atoms in total. The molecule has 1 radical (unpaired) electrons. The summed E-state index contributed by atoms with van der Waals surface area (Å²) in [7, 11) is 4.04. The lowest BCUT2D eigenvalue weighted by Gasteiger charge is -2.26. The summed E-state index contributed by atoms with van der Waals surface area (Å²) in [6.07, 6.45) is 0. The Kier molecular flexibility index (Phi) is 1.82. The first-order chi connectivity index (χ1) is 2.94. The highest BCUT2D eigenvalue weighted by Gasteiger charge is 2.10. The maximum absolute atomic E-state index is 3.90. The van der Waals surface area contributed by atoms with Gasteiger partial charge in [0.25, 0.3) is 0 Å². The summed E-state index contributed by atoms with van der Waals surface area (Å²) in [5, 5.41) is 0. The van der Waals surface area contributed by atoms with Gasteiger partial charge in [-0.1, -0.05) is 0 Å². The van der Waals surface area contributed by atoms with Crippen LogP contribution in [0.2, 0.25) is 0 Å². The molecule has 0 spiro atoms. The molecule has 0 heterocycles. The summed E-state index contributed by atoms with van der Waals surface area (Å²) in [6.45, 7) is 8.05. The fraction of sp³-hybridized carbons (Fsp3) is 0.833. The van der Waals surface area contributed by atoms with Crippen LogP contribution in [0.5, 0.6) is 0 Å². The summed E-state index contributed by atoms with van der Waals surface area (Å²) >= 11 is 0. The maximum atomic E-state index is 3.90. The Labute approximate surface area is 46.3 Å². The van der Waals surface area contributed by atoms with E-state index >= 15 is 0 Å². The van der Waals surface area contributed by atoms with Crippen LogP contribution in [0.3, 0.4) is 0 Å². The van der Waals surface area contributed by atoms with Crippen LogP contribution in [0.15, 0.2) is 0 Å². The highest BCUT2D eigenvalue weighted by Crippen LogP contribution is 2.04. The molecule has 0 rings (SSSR count). The zero-order valence-corrected chi connectivity index (χ0v) is 5.65. The molecule has 43 valence electrons. The van der Waals surface area contributed by atoms with Crippen LogP contribution in [-0.4, -0.2) is 24.5 Å². The van der Waals surface area contributed by atoms with Crippen molar-refractivity contribution in [3.05, 3.63) is 6.92 Å². The number of hydrogen-bond donors (Lipinski definition) is 0. The Morgan fingerprint density at radius 2 is 1.43 bits per heavy atom. The van der Waals surface area contributed by atoms with Crippen LogP contribution in [0.25, 0.3) is 0 Å². The minimum absolute atomic E-state index is 0.0833. The molecule has 0 unspecified atom stereocenters. The van der Waals surface area contributed by atoms with Gasteiger partial charge in [-0.25, -0.2) is 0 Å². The molecular weight excluding hydrogens is 86.1 g/mol. The lowest BCUT2D eigenvalue weighted by molar-refractivity contribution is 0.249. The summed E-state index contributed by atoms with van der Waals surface area (Å²) in [5.74, 6) is 0. The first-order valence-corrected chi connectivity index (χ1v) is 2.47. The first-order valence-electron chi connectivity index (χ1n) is 2.47. The molecule has 0 aromatic rings. The molecule has 0 fully saturated rings. The quantitative estimate of drug-likeness (QED) is 0.478. The van der Waals surface area contributed by atoms with Gasteiger partial charge in [-0.15, -0.1) is 0 Å². The fourth-order valence-electron chi connectivity index (χ4n) is 0. The number of nitrogens with zero attached hydrogens (tertiary/aromatic N) is 1. The lowest BCUT2D eigenvalue weighted by Crippen LogP contribution is -2.34. The standard InChI is InChI=1S/C6H14N/c1-6(2,3)7(4)5/h1H2,2-5H3. The van der Waals surface area contributed by atoms with Gasteiger partial charge >= 0.3 is 0 Å². The Hall–Kier alpha value is -0.0400. The van der Waals surface area contributed by atoms with Crippen LogP contribution in [0.4, 0.5) is 0 Å². The molecule has 0 amide bonds. The van der Waals surface area contributed by atoms with Crippen LogP contribution in [0.1, 0.15) is 13.8 Å². The summed E-state index contributed by atoms with van der Waals surface area (Å²) in [5.41, 5.74) is 0.0833. The molecule has 0 saturated heterocycles. The topological polar surface area (TPSA) is 3.24 Å². The van der Waals surface area contributed by atoms with E-state index in [-0.39, 0.29) is 5.54 Å². The third kappa shape index (κ3) is 2.63. The minimum Gasteiger partial charge on any atom is -0.304 e. The Balaban J connectivity index is 3.54. The minimum atomic E-state index is 0.0833. The van der Waals surface area contributed by atoms with E-state index < -0.39 is 0 Å². The molecule has 0 aromatic carbocycles. The van der Waals surface area contributed by atoms with E-state index in [1.54, 1.807) is 0 Å². The summed E-state index contributed by atoms with van der Waals surface area (Å²) < 4.78 is 0. The van der Waals surface area contributed by atoms with Gasteiger partial charge in [0, 0.05) is 5.54 Å². The molecule has 0 N–H and O–H groups in total. The zero-order valence-electron chi connectivity index (χ0n) is 5.65.